The summed E-state index contributed by atoms with van der Waals surface area (Å²) in [7, 11) is 0. The molecule has 120 valence electrons. The van der Waals surface area contributed by atoms with Crippen molar-refractivity contribution in [3.8, 4) is 5.75 Å². The van der Waals surface area contributed by atoms with Crippen LogP contribution in [0.2, 0.25) is 0 Å². The number of anilines is 1. The first-order valence-corrected chi connectivity index (χ1v) is 7.87. The second kappa shape index (κ2) is 5.99. The Labute approximate surface area is 135 Å². The fraction of sp³-hybridized carbons (Fsp3) is 0.389. The normalized spacial score (nSPS) is 17.2. The Morgan fingerprint density at radius 2 is 1.96 bits per heavy atom. The summed E-state index contributed by atoms with van der Waals surface area (Å²) < 4.78 is 5.90. The van der Waals surface area contributed by atoms with Crippen molar-refractivity contribution in [3.05, 3.63) is 46.8 Å². The molecule has 0 amide bonds. The van der Waals surface area contributed by atoms with Gasteiger partial charge in [-0.3, -0.25) is 4.79 Å². The number of aryl methyl sites for hydroxylation is 1. The Hall–Kier alpha value is -2.43. The van der Waals surface area contributed by atoms with E-state index in [1.165, 1.54) is 0 Å². The standard InChI is InChI=1S/C18H21N3O2/c1-10(2)23-16-7-5-4-6-13(16)12-8-14-17(15(22)9-12)11(3)20-18(19)21-14/h4-7,10,12H,8-9H2,1-3H3,(H2,19,20,21). The third kappa shape index (κ3) is 3.04. The number of hydrogen-bond acceptors (Lipinski definition) is 5. The lowest BCUT2D eigenvalue weighted by Gasteiger charge is -2.26. The molecule has 1 aromatic carbocycles. The van der Waals surface area contributed by atoms with Gasteiger partial charge >= 0.3 is 0 Å². The summed E-state index contributed by atoms with van der Waals surface area (Å²) in [6.07, 6.45) is 1.20. The molecular weight excluding hydrogens is 290 g/mol. The summed E-state index contributed by atoms with van der Waals surface area (Å²) in [6.45, 7) is 5.80. The van der Waals surface area contributed by atoms with Crippen molar-refractivity contribution in [3.63, 3.8) is 0 Å². The number of ketones is 1. The Morgan fingerprint density at radius 1 is 1.22 bits per heavy atom. The first kappa shape index (κ1) is 15.5. The molecule has 5 heteroatoms. The number of benzene rings is 1. The zero-order valence-electron chi connectivity index (χ0n) is 13.7. The number of carbonyl (C=O) groups excluding carboxylic acids is 1. The lowest BCUT2D eigenvalue weighted by molar-refractivity contribution is 0.0961. The Bertz CT molecular complexity index is 756. The maximum absolute atomic E-state index is 12.6. The molecular formula is C18H21N3O2. The largest absolute Gasteiger partial charge is 0.491 e. The molecule has 3 rings (SSSR count). The van der Waals surface area contributed by atoms with E-state index < -0.39 is 0 Å². The van der Waals surface area contributed by atoms with Crippen LogP contribution in [0.4, 0.5) is 5.95 Å². The van der Waals surface area contributed by atoms with Gasteiger partial charge in [0.25, 0.3) is 0 Å². The van der Waals surface area contributed by atoms with E-state index in [-0.39, 0.29) is 23.8 Å². The van der Waals surface area contributed by atoms with E-state index in [0.29, 0.717) is 24.1 Å². The molecule has 0 fully saturated rings. The average molecular weight is 311 g/mol. The number of nitrogens with zero attached hydrogens (tertiary/aromatic N) is 2. The molecule has 1 atom stereocenters. The van der Waals surface area contributed by atoms with Crippen molar-refractivity contribution >= 4 is 11.7 Å². The van der Waals surface area contributed by atoms with E-state index >= 15 is 0 Å². The maximum atomic E-state index is 12.6. The van der Waals surface area contributed by atoms with E-state index in [1.807, 2.05) is 45.0 Å². The van der Waals surface area contributed by atoms with Gasteiger partial charge in [0.15, 0.2) is 5.78 Å². The molecule has 23 heavy (non-hydrogen) atoms. The average Bonchev–Trinajstić information content (AvgIpc) is 2.45. The number of carbonyl (C=O) groups is 1. The molecule has 1 heterocycles. The SMILES string of the molecule is Cc1nc(N)nc2c1C(=O)CC(c1ccccc1OC(C)C)C2. The van der Waals surface area contributed by atoms with Crippen LogP contribution in [-0.4, -0.2) is 21.9 Å². The summed E-state index contributed by atoms with van der Waals surface area (Å²) in [5.74, 6) is 1.19. The minimum absolute atomic E-state index is 0.0543. The van der Waals surface area contributed by atoms with Crippen molar-refractivity contribution in [2.75, 3.05) is 5.73 Å². The van der Waals surface area contributed by atoms with Gasteiger partial charge in [-0.1, -0.05) is 18.2 Å². The second-order valence-corrected chi connectivity index (χ2v) is 6.22. The van der Waals surface area contributed by atoms with Crippen LogP contribution in [-0.2, 0) is 6.42 Å². The highest BCUT2D eigenvalue weighted by atomic mass is 16.5. The summed E-state index contributed by atoms with van der Waals surface area (Å²) in [5.41, 5.74) is 8.85. The van der Waals surface area contributed by atoms with Crippen molar-refractivity contribution < 1.29 is 9.53 Å². The van der Waals surface area contributed by atoms with E-state index in [2.05, 4.69) is 9.97 Å². The van der Waals surface area contributed by atoms with Gasteiger partial charge in [-0.25, -0.2) is 9.97 Å². The third-order valence-corrected chi connectivity index (χ3v) is 4.05. The van der Waals surface area contributed by atoms with Gasteiger partial charge in [0.05, 0.1) is 23.1 Å². The smallest absolute Gasteiger partial charge is 0.220 e. The molecule has 1 unspecified atom stereocenters. The van der Waals surface area contributed by atoms with Gasteiger partial charge in [0, 0.05) is 12.3 Å². The van der Waals surface area contributed by atoms with E-state index in [9.17, 15) is 4.79 Å². The number of aromatic nitrogens is 2. The Balaban J connectivity index is 1.99. The number of fused-ring (bicyclic) bond motifs is 1. The second-order valence-electron chi connectivity index (χ2n) is 6.22. The Morgan fingerprint density at radius 3 is 2.70 bits per heavy atom. The van der Waals surface area contributed by atoms with Gasteiger partial charge in [0.2, 0.25) is 5.95 Å². The zero-order valence-corrected chi connectivity index (χ0v) is 13.7. The van der Waals surface area contributed by atoms with Crippen molar-refractivity contribution in [1.29, 1.82) is 0 Å². The number of hydrogen-bond donors (Lipinski definition) is 1. The molecule has 0 saturated carbocycles. The number of nitrogen functional groups attached to an aromatic ring is 1. The highest BCUT2D eigenvalue weighted by molar-refractivity contribution is 5.99. The Kier molecular flexibility index (Phi) is 4.03. The lowest BCUT2D eigenvalue weighted by Crippen LogP contribution is -2.23. The van der Waals surface area contributed by atoms with Crippen molar-refractivity contribution in [2.45, 2.75) is 45.6 Å². The number of rotatable bonds is 3. The van der Waals surface area contributed by atoms with Crippen LogP contribution in [0.25, 0.3) is 0 Å². The maximum Gasteiger partial charge on any atom is 0.220 e. The number of nitrogens with two attached hydrogens (primary N) is 1. The molecule has 2 aromatic rings. The van der Waals surface area contributed by atoms with Crippen LogP contribution in [0.1, 0.15) is 53.5 Å². The monoisotopic (exact) mass is 311 g/mol. The number of para-hydroxylation sites is 1. The van der Waals surface area contributed by atoms with E-state index in [0.717, 1.165) is 17.0 Å². The molecule has 5 nitrogen and oxygen atoms in total. The minimum Gasteiger partial charge on any atom is -0.491 e. The van der Waals surface area contributed by atoms with Gasteiger partial charge in [-0.15, -0.1) is 0 Å². The molecule has 2 N–H and O–H groups in total. The topological polar surface area (TPSA) is 78.1 Å². The van der Waals surface area contributed by atoms with E-state index in [4.69, 9.17) is 10.5 Å². The molecule has 0 radical (unpaired) electrons. The van der Waals surface area contributed by atoms with Crippen LogP contribution in [0.3, 0.4) is 0 Å². The zero-order chi connectivity index (χ0) is 16.6. The predicted molar refractivity (Wildman–Crippen MR) is 88.8 cm³/mol. The third-order valence-electron chi connectivity index (χ3n) is 4.05. The van der Waals surface area contributed by atoms with Crippen LogP contribution in [0.15, 0.2) is 24.3 Å². The fourth-order valence-electron chi connectivity index (χ4n) is 3.20. The van der Waals surface area contributed by atoms with E-state index in [1.54, 1.807) is 0 Å². The fourth-order valence-corrected chi connectivity index (χ4v) is 3.20. The van der Waals surface area contributed by atoms with Gasteiger partial charge < -0.3 is 10.5 Å². The van der Waals surface area contributed by atoms with Gasteiger partial charge in [-0.2, -0.15) is 0 Å². The summed E-state index contributed by atoms with van der Waals surface area (Å²) in [5, 5.41) is 0. The summed E-state index contributed by atoms with van der Waals surface area (Å²) in [4.78, 5) is 21.0. The van der Waals surface area contributed by atoms with Crippen LogP contribution >= 0.6 is 0 Å². The van der Waals surface area contributed by atoms with Gasteiger partial charge in [0.1, 0.15) is 5.75 Å². The van der Waals surface area contributed by atoms with Crippen LogP contribution in [0, 0.1) is 6.92 Å². The first-order valence-electron chi connectivity index (χ1n) is 7.87. The number of ether oxygens (including phenoxy) is 1. The van der Waals surface area contributed by atoms with Crippen molar-refractivity contribution in [1.82, 2.24) is 9.97 Å². The molecule has 0 spiro atoms. The molecule has 1 aliphatic rings. The molecule has 1 aromatic heterocycles. The molecule has 0 aliphatic heterocycles. The highest BCUT2D eigenvalue weighted by Crippen LogP contribution is 2.37. The first-order chi connectivity index (χ1) is 11.0. The molecule has 0 bridgehead atoms. The molecule has 0 saturated heterocycles. The lowest BCUT2D eigenvalue weighted by atomic mass is 9.81. The quantitative estimate of drug-likeness (QED) is 0.942. The summed E-state index contributed by atoms with van der Waals surface area (Å²) in [6, 6.07) is 7.90. The predicted octanol–water partition coefficient (Wildman–Crippen LogP) is 3.07. The molecule has 1 aliphatic carbocycles. The van der Waals surface area contributed by atoms with Crippen LogP contribution < -0.4 is 10.5 Å². The summed E-state index contributed by atoms with van der Waals surface area (Å²) >= 11 is 0. The number of Topliss-reactive ketones (excluding diaryl/α,β-unsaturated/α-hetero) is 1. The minimum atomic E-state index is 0.0543. The van der Waals surface area contributed by atoms with Gasteiger partial charge in [-0.05, 0) is 38.8 Å². The van der Waals surface area contributed by atoms with Crippen LogP contribution in [0.5, 0.6) is 5.75 Å². The van der Waals surface area contributed by atoms with Crippen molar-refractivity contribution in [2.24, 2.45) is 0 Å². The highest BCUT2D eigenvalue weighted by Gasteiger charge is 2.31.